The molecule has 0 saturated heterocycles. The van der Waals surface area contributed by atoms with E-state index in [4.69, 9.17) is 0 Å². The zero-order valence-electron chi connectivity index (χ0n) is 10.9. The smallest absolute Gasteiger partial charge is 0.137 e. The molecule has 0 aliphatic heterocycles. The van der Waals surface area contributed by atoms with Crippen molar-refractivity contribution in [3.8, 4) is 0 Å². The first-order chi connectivity index (χ1) is 8.05. The summed E-state index contributed by atoms with van der Waals surface area (Å²) in [6.07, 6.45) is 5.96. The Morgan fingerprint density at radius 1 is 1.29 bits per heavy atom. The van der Waals surface area contributed by atoms with Gasteiger partial charge in [0.25, 0.3) is 0 Å². The van der Waals surface area contributed by atoms with Crippen molar-refractivity contribution >= 4 is 11.0 Å². The van der Waals surface area contributed by atoms with E-state index in [1.165, 1.54) is 35.9 Å². The van der Waals surface area contributed by atoms with Gasteiger partial charge in [-0.3, -0.25) is 0 Å². The van der Waals surface area contributed by atoms with E-state index in [0.29, 0.717) is 0 Å². The summed E-state index contributed by atoms with van der Waals surface area (Å²) in [5, 5.41) is 1.31. The monoisotopic (exact) mass is 228 g/mol. The van der Waals surface area contributed by atoms with Crippen LogP contribution in [-0.4, -0.2) is 9.97 Å². The van der Waals surface area contributed by atoms with E-state index in [1.807, 2.05) is 6.20 Å². The normalized spacial score (nSPS) is 17.4. The molecule has 0 atom stereocenters. The van der Waals surface area contributed by atoms with Gasteiger partial charge in [-0.1, -0.05) is 27.2 Å². The third-order valence-electron chi connectivity index (χ3n) is 3.91. The molecule has 1 N–H and O–H groups in total. The number of fused-ring (bicyclic) bond motifs is 1. The number of H-pyrrole nitrogens is 1. The molecule has 2 heteroatoms. The number of aromatic nitrogens is 2. The van der Waals surface area contributed by atoms with Gasteiger partial charge in [0.1, 0.15) is 5.65 Å². The van der Waals surface area contributed by atoms with E-state index in [1.54, 1.807) is 0 Å². The maximum atomic E-state index is 4.46. The van der Waals surface area contributed by atoms with Crippen LogP contribution in [-0.2, 0) is 5.41 Å². The van der Waals surface area contributed by atoms with Crippen LogP contribution in [0.4, 0.5) is 0 Å². The molecule has 17 heavy (non-hydrogen) atoms. The molecule has 1 aliphatic rings. The Balaban J connectivity index is 2.14. The summed E-state index contributed by atoms with van der Waals surface area (Å²) >= 11 is 0. The van der Waals surface area contributed by atoms with Crippen LogP contribution in [0, 0.1) is 0 Å². The molecule has 2 heterocycles. The quantitative estimate of drug-likeness (QED) is 0.781. The van der Waals surface area contributed by atoms with Crippen molar-refractivity contribution in [2.24, 2.45) is 0 Å². The van der Waals surface area contributed by atoms with Gasteiger partial charge >= 0.3 is 0 Å². The highest BCUT2D eigenvalue weighted by molar-refractivity contribution is 5.81. The molecule has 3 rings (SSSR count). The fourth-order valence-corrected chi connectivity index (χ4v) is 2.64. The lowest BCUT2D eigenvalue weighted by atomic mass is 9.82. The van der Waals surface area contributed by atoms with Crippen molar-refractivity contribution in [2.45, 2.75) is 51.4 Å². The highest BCUT2D eigenvalue weighted by atomic mass is 14.9. The summed E-state index contributed by atoms with van der Waals surface area (Å²) in [6.45, 7) is 6.79. The molecule has 0 aromatic carbocycles. The number of hydrogen-bond acceptors (Lipinski definition) is 1. The molecule has 1 fully saturated rings. The zero-order chi connectivity index (χ0) is 12.0. The minimum absolute atomic E-state index is 0.181. The van der Waals surface area contributed by atoms with Crippen LogP contribution in [0.5, 0.6) is 0 Å². The lowest BCUT2D eigenvalue weighted by Crippen LogP contribution is -2.11. The average molecular weight is 228 g/mol. The summed E-state index contributed by atoms with van der Waals surface area (Å²) in [5.41, 5.74) is 4.01. The van der Waals surface area contributed by atoms with Gasteiger partial charge in [0.15, 0.2) is 0 Å². The highest BCUT2D eigenvalue weighted by Crippen LogP contribution is 2.38. The Morgan fingerprint density at radius 2 is 2.06 bits per heavy atom. The van der Waals surface area contributed by atoms with Crippen molar-refractivity contribution < 1.29 is 0 Å². The van der Waals surface area contributed by atoms with Crippen LogP contribution in [0.3, 0.4) is 0 Å². The van der Waals surface area contributed by atoms with Gasteiger partial charge in [-0.15, -0.1) is 0 Å². The SMILES string of the molecule is CC(C)(C)c1ccnc2[nH]c(C3CCC3)cc12. The van der Waals surface area contributed by atoms with Crippen molar-refractivity contribution in [3.63, 3.8) is 0 Å². The first kappa shape index (κ1) is 10.8. The van der Waals surface area contributed by atoms with Gasteiger partial charge in [0.05, 0.1) is 0 Å². The Labute approximate surface area is 102 Å². The van der Waals surface area contributed by atoms with Crippen molar-refractivity contribution in [1.82, 2.24) is 9.97 Å². The molecule has 1 saturated carbocycles. The van der Waals surface area contributed by atoms with E-state index in [0.717, 1.165) is 11.6 Å². The Kier molecular flexibility index (Phi) is 2.29. The van der Waals surface area contributed by atoms with E-state index in [9.17, 15) is 0 Å². The molecule has 90 valence electrons. The molecular formula is C15H20N2. The summed E-state index contributed by atoms with van der Waals surface area (Å²) in [5.74, 6) is 0.747. The molecule has 2 aromatic rings. The molecule has 2 aromatic heterocycles. The van der Waals surface area contributed by atoms with Crippen LogP contribution in [0.15, 0.2) is 18.3 Å². The van der Waals surface area contributed by atoms with Crippen molar-refractivity contribution in [1.29, 1.82) is 0 Å². The number of pyridine rings is 1. The third-order valence-corrected chi connectivity index (χ3v) is 3.91. The highest BCUT2D eigenvalue weighted by Gasteiger charge is 2.23. The molecule has 0 spiro atoms. The Hall–Kier alpha value is -1.31. The summed E-state index contributed by atoms with van der Waals surface area (Å²) in [4.78, 5) is 7.96. The second kappa shape index (κ2) is 3.59. The van der Waals surface area contributed by atoms with Crippen molar-refractivity contribution in [3.05, 3.63) is 29.6 Å². The number of hydrogen-bond donors (Lipinski definition) is 1. The second-order valence-corrected chi connectivity index (χ2v) is 6.22. The molecule has 0 radical (unpaired) electrons. The number of nitrogens with zero attached hydrogens (tertiary/aromatic N) is 1. The first-order valence-corrected chi connectivity index (χ1v) is 6.54. The van der Waals surface area contributed by atoms with Crippen LogP contribution in [0.2, 0.25) is 0 Å². The summed E-state index contributed by atoms with van der Waals surface area (Å²) in [7, 11) is 0. The molecule has 0 unspecified atom stereocenters. The second-order valence-electron chi connectivity index (χ2n) is 6.22. The van der Waals surface area contributed by atoms with Crippen molar-refractivity contribution in [2.75, 3.05) is 0 Å². The maximum absolute atomic E-state index is 4.46. The molecule has 2 nitrogen and oxygen atoms in total. The number of nitrogens with one attached hydrogen (secondary N) is 1. The predicted molar refractivity (Wildman–Crippen MR) is 71.4 cm³/mol. The summed E-state index contributed by atoms with van der Waals surface area (Å²) < 4.78 is 0. The lowest BCUT2D eigenvalue weighted by molar-refractivity contribution is 0.413. The van der Waals surface area contributed by atoms with E-state index < -0.39 is 0 Å². The topological polar surface area (TPSA) is 28.7 Å². The number of rotatable bonds is 1. The fourth-order valence-electron chi connectivity index (χ4n) is 2.64. The van der Waals surface area contributed by atoms with Gasteiger partial charge < -0.3 is 4.98 Å². The molecule has 0 amide bonds. The Morgan fingerprint density at radius 3 is 2.65 bits per heavy atom. The van der Waals surface area contributed by atoms with Crippen LogP contribution < -0.4 is 0 Å². The molecule has 1 aliphatic carbocycles. The average Bonchev–Trinajstić information content (AvgIpc) is 2.55. The van der Waals surface area contributed by atoms with Crippen LogP contribution in [0.25, 0.3) is 11.0 Å². The summed E-state index contributed by atoms with van der Waals surface area (Å²) in [6, 6.07) is 4.48. The first-order valence-electron chi connectivity index (χ1n) is 6.54. The minimum Gasteiger partial charge on any atom is -0.343 e. The van der Waals surface area contributed by atoms with Gasteiger partial charge in [0, 0.05) is 17.3 Å². The van der Waals surface area contributed by atoms with Gasteiger partial charge in [0.2, 0.25) is 0 Å². The lowest BCUT2D eigenvalue weighted by Gasteiger charge is -2.23. The number of aromatic amines is 1. The molecule has 0 bridgehead atoms. The van der Waals surface area contributed by atoms with E-state index >= 15 is 0 Å². The van der Waals surface area contributed by atoms with E-state index in [2.05, 4.69) is 42.9 Å². The molecular weight excluding hydrogens is 208 g/mol. The fraction of sp³-hybridized carbons (Fsp3) is 0.533. The van der Waals surface area contributed by atoms with Crippen LogP contribution >= 0.6 is 0 Å². The largest absolute Gasteiger partial charge is 0.343 e. The standard InChI is InChI=1S/C15H20N2/c1-15(2,3)12-7-8-16-14-11(12)9-13(17-14)10-5-4-6-10/h7-10H,4-6H2,1-3H3,(H,16,17). The Bertz CT molecular complexity index is 542. The van der Waals surface area contributed by atoms with Crippen LogP contribution in [0.1, 0.15) is 57.2 Å². The van der Waals surface area contributed by atoms with Gasteiger partial charge in [-0.05, 0) is 41.9 Å². The predicted octanol–water partition coefficient (Wildman–Crippen LogP) is 4.13. The maximum Gasteiger partial charge on any atom is 0.137 e. The van der Waals surface area contributed by atoms with E-state index in [-0.39, 0.29) is 5.41 Å². The minimum atomic E-state index is 0.181. The van der Waals surface area contributed by atoms with Gasteiger partial charge in [-0.25, -0.2) is 4.98 Å². The zero-order valence-corrected chi connectivity index (χ0v) is 10.9. The van der Waals surface area contributed by atoms with Gasteiger partial charge in [-0.2, -0.15) is 0 Å². The third kappa shape index (κ3) is 1.76.